The Kier molecular flexibility index (Phi) is 4.54. The lowest BCUT2D eigenvalue weighted by atomic mass is 10.1. The number of sulfonamides is 1. The van der Waals surface area contributed by atoms with Gasteiger partial charge in [0.25, 0.3) is 0 Å². The van der Waals surface area contributed by atoms with Gasteiger partial charge < -0.3 is 4.74 Å². The molecular weight excluding hydrogens is 408 g/mol. The number of primary sulfonamides is 1. The lowest BCUT2D eigenvalue weighted by Gasteiger charge is -2.15. The Bertz CT molecular complexity index is 783. The molecule has 112 valence electrons. The van der Waals surface area contributed by atoms with Crippen LogP contribution in [0.15, 0.2) is 35.2 Å². The summed E-state index contributed by atoms with van der Waals surface area (Å²) in [6.07, 6.45) is 0. The number of hydrogen-bond donors (Lipinski definition) is 1. The van der Waals surface area contributed by atoms with Crippen LogP contribution < -0.4 is 9.88 Å². The highest BCUT2D eigenvalue weighted by atomic mass is 127. The third-order valence-corrected chi connectivity index (χ3v) is 4.65. The minimum Gasteiger partial charge on any atom is -0.454 e. The fourth-order valence-corrected chi connectivity index (χ4v) is 3.44. The molecule has 0 aromatic heterocycles. The number of rotatable bonds is 3. The smallest absolute Gasteiger partial charge is 0.241 e. The van der Waals surface area contributed by atoms with E-state index < -0.39 is 10.0 Å². The fourth-order valence-electron chi connectivity index (χ4n) is 1.97. The van der Waals surface area contributed by atoms with E-state index in [1.807, 2.05) is 22.6 Å². The lowest BCUT2D eigenvalue weighted by molar-refractivity contribution is 0.455. The molecule has 0 aliphatic heterocycles. The second-order valence-corrected chi connectivity index (χ2v) is 7.27. The van der Waals surface area contributed by atoms with Crippen LogP contribution in [0.2, 0.25) is 0 Å². The Morgan fingerprint density at radius 2 is 1.71 bits per heavy atom. The van der Waals surface area contributed by atoms with Crippen molar-refractivity contribution in [3.63, 3.8) is 0 Å². The van der Waals surface area contributed by atoms with Crippen molar-refractivity contribution >= 4 is 32.6 Å². The van der Waals surface area contributed by atoms with E-state index in [9.17, 15) is 12.8 Å². The average Bonchev–Trinajstić information content (AvgIpc) is 2.33. The average molecular weight is 421 g/mol. The highest BCUT2D eigenvalue weighted by molar-refractivity contribution is 14.1. The fraction of sp³-hybridized carbons (Fsp3) is 0.143. The van der Waals surface area contributed by atoms with Gasteiger partial charge in [0, 0.05) is 0 Å². The van der Waals surface area contributed by atoms with Crippen molar-refractivity contribution < 1.29 is 17.5 Å². The SMILES string of the molecule is Cc1cc(F)cc(C)c1Oc1c(I)cccc1S(N)(=O)=O. The third kappa shape index (κ3) is 3.53. The van der Waals surface area contributed by atoms with Crippen LogP contribution in [0, 0.1) is 23.2 Å². The first-order chi connectivity index (χ1) is 9.70. The second kappa shape index (κ2) is 5.90. The molecule has 0 atom stereocenters. The Morgan fingerprint density at radius 3 is 2.24 bits per heavy atom. The summed E-state index contributed by atoms with van der Waals surface area (Å²) in [6.45, 7) is 3.38. The normalized spacial score (nSPS) is 11.5. The Labute approximate surface area is 136 Å². The maximum atomic E-state index is 13.3. The zero-order valence-corrected chi connectivity index (χ0v) is 14.3. The molecular formula is C14H13FINO3S. The minimum absolute atomic E-state index is 0.0995. The van der Waals surface area contributed by atoms with E-state index in [4.69, 9.17) is 9.88 Å². The molecule has 2 aromatic rings. The summed E-state index contributed by atoms with van der Waals surface area (Å²) in [5, 5.41) is 5.21. The molecule has 0 aliphatic carbocycles. The number of benzene rings is 2. The third-order valence-electron chi connectivity index (χ3n) is 2.87. The summed E-state index contributed by atoms with van der Waals surface area (Å²) in [7, 11) is -3.91. The number of aryl methyl sites for hydroxylation is 2. The van der Waals surface area contributed by atoms with Gasteiger partial charge in [-0.15, -0.1) is 0 Å². The lowest BCUT2D eigenvalue weighted by Crippen LogP contribution is -2.14. The van der Waals surface area contributed by atoms with Gasteiger partial charge in [0.15, 0.2) is 5.75 Å². The van der Waals surface area contributed by atoms with Crippen LogP contribution in [-0.2, 0) is 10.0 Å². The summed E-state index contributed by atoms with van der Waals surface area (Å²) in [6, 6.07) is 7.32. The minimum atomic E-state index is -3.91. The number of nitrogens with two attached hydrogens (primary N) is 1. The predicted octanol–water partition coefficient (Wildman–Crippen LogP) is 3.49. The van der Waals surface area contributed by atoms with Crippen LogP contribution in [0.4, 0.5) is 4.39 Å². The Balaban J connectivity index is 2.61. The van der Waals surface area contributed by atoms with E-state index in [1.54, 1.807) is 26.0 Å². The first kappa shape index (κ1) is 16.2. The summed E-state index contributed by atoms with van der Waals surface area (Å²) >= 11 is 1.96. The topological polar surface area (TPSA) is 69.4 Å². The molecule has 0 fully saturated rings. The first-order valence-electron chi connectivity index (χ1n) is 5.96. The van der Waals surface area contributed by atoms with Crippen molar-refractivity contribution in [2.45, 2.75) is 18.7 Å². The number of para-hydroxylation sites is 1. The molecule has 0 spiro atoms. The molecule has 0 radical (unpaired) electrons. The van der Waals surface area contributed by atoms with Gasteiger partial charge in [-0.25, -0.2) is 17.9 Å². The molecule has 2 aromatic carbocycles. The maximum Gasteiger partial charge on any atom is 0.241 e. The van der Waals surface area contributed by atoms with Gasteiger partial charge in [0.2, 0.25) is 10.0 Å². The summed E-state index contributed by atoms with van der Waals surface area (Å²) in [5.41, 5.74) is 1.15. The molecule has 21 heavy (non-hydrogen) atoms. The molecule has 0 heterocycles. The zero-order valence-electron chi connectivity index (χ0n) is 11.4. The highest BCUT2D eigenvalue weighted by Crippen LogP contribution is 2.36. The van der Waals surface area contributed by atoms with Crippen LogP contribution in [0.25, 0.3) is 0 Å². The summed E-state index contributed by atoms with van der Waals surface area (Å²) < 4.78 is 43.0. The van der Waals surface area contributed by atoms with Gasteiger partial charge in [0.1, 0.15) is 16.5 Å². The van der Waals surface area contributed by atoms with E-state index in [0.717, 1.165) is 0 Å². The van der Waals surface area contributed by atoms with E-state index in [1.165, 1.54) is 18.2 Å². The van der Waals surface area contributed by atoms with Crippen LogP contribution in [0.1, 0.15) is 11.1 Å². The molecule has 0 amide bonds. The molecule has 0 saturated heterocycles. The molecule has 2 N–H and O–H groups in total. The molecule has 2 rings (SSSR count). The Morgan fingerprint density at radius 1 is 1.14 bits per heavy atom. The quantitative estimate of drug-likeness (QED) is 0.772. The van der Waals surface area contributed by atoms with Crippen molar-refractivity contribution in [3.8, 4) is 11.5 Å². The molecule has 4 nitrogen and oxygen atoms in total. The van der Waals surface area contributed by atoms with Gasteiger partial charge in [0.05, 0.1) is 3.57 Å². The highest BCUT2D eigenvalue weighted by Gasteiger charge is 2.20. The van der Waals surface area contributed by atoms with E-state index in [-0.39, 0.29) is 16.5 Å². The van der Waals surface area contributed by atoms with E-state index >= 15 is 0 Å². The first-order valence-corrected chi connectivity index (χ1v) is 8.58. The van der Waals surface area contributed by atoms with Gasteiger partial charge in [-0.2, -0.15) is 0 Å². The van der Waals surface area contributed by atoms with Crippen LogP contribution >= 0.6 is 22.6 Å². The van der Waals surface area contributed by atoms with Gasteiger partial charge in [-0.1, -0.05) is 6.07 Å². The number of ether oxygens (including phenoxy) is 1. The van der Waals surface area contributed by atoms with E-state index in [2.05, 4.69) is 0 Å². The zero-order chi connectivity index (χ0) is 15.8. The van der Waals surface area contributed by atoms with Gasteiger partial charge in [-0.05, 0) is 71.8 Å². The monoisotopic (exact) mass is 421 g/mol. The van der Waals surface area contributed by atoms with Crippen LogP contribution in [0.5, 0.6) is 11.5 Å². The standard InChI is InChI=1S/C14H13FINO3S/c1-8-6-10(15)7-9(2)13(8)20-14-11(16)4-3-5-12(14)21(17,18)19/h3-7H,1-2H3,(H2,17,18,19). The maximum absolute atomic E-state index is 13.3. The van der Waals surface area contributed by atoms with Gasteiger partial charge in [-0.3, -0.25) is 0 Å². The summed E-state index contributed by atoms with van der Waals surface area (Å²) in [5.74, 6) is 0.204. The number of halogens is 2. The largest absolute Gasteiger partial charge is 0.454 e. The molecule has 7 heteroatoms. The molecule has 0 bridgehead atoms. The molecule has 0 aliphatic rings. The van der Waals surface area contributed by atoms with Gasteiger partial charge >= 0.3 is 0 Å². The predicted molar refractivity (Wildman–Crippen MR) is 86.5 cm³/mol. The number of hydrogen-bond acceptors (Lipinski definition) is 3. The summed E-state index contributed by atoms with van der Waals surface area (Å²) in [4.78, 5) is -0.0995. The van der Waals surface area contributed by atoms with Crippen LogP contribution in [-0.4, -0.2) is 8.42 Å². The second-order valence-electron chi connectivity index (χ2n) is 4.58. The van der Waals surface area contributed by atoms with Crippen molar-refractivity contribution in [3.05, 3.63) is 50.8 Å². The van der Waals surface area contributed by atoms with Crippen molar-refractivity contribution in [2.75, 3.05) is 0 Å². The van der Waals surface area contributed by atoms with Crippen LogP contribution in [0.3, 0.4) is 0 Å². The van der Waals surface area contributed by atoms with Crippen molar-refractivity contribution in [2.24, 2.45) is 5.14 Å². The Hall–Kier alpha value is -1.19. The van der Waals surface area contributed by atoms with Crippen molar-refractivity contribution in [1.82, 2.24) is 0 Å². The van der Waals surface area contributed by atoms with Crippen molar-refractivity contribution in [1.29, 1.82) is 0 Å². The molecule has 0 saturated carbocycles. The van der Waals surface area contributed by atoms with E-state index in [0.29, 0.717) is 20.4 Å². The molecule has 0 unspecified atom stereocenters.